The monoisotopic (exact) mass is 96.1 g/mol. The second-order valence-electron chi connectivity index (χ2n) is 0.987. The van der Waals surface area contributed by atoms with Crippen LogP contribution < -0.4 is 0 Å². The molecule has 0 unspecified atom stereocenters. The number of aliphatic hydroxyl groups excluding tert-OH is 3. The van der Waals surface area contributed by atoms with Crippen LogP contribution in [0.1, 0.15) is 0 Å². The van der Waals surface area contributed by atoms with Gasteiger partial charge in [-0.15, -0.1) is 0 Å². The van der Waals surface area contributed by atoms with Crippen LogP contribution in [-0.2, 0) is 0 Å². The lowest BCUT2D eigenvalue weighted by atomic mass is 10.4. The molecule has 0 aromatic rings. The summed E-state index contributed by atoms with van der Waals surface area (Å²) >= 11 is 0. The van der Waals surface area contributed by atoms with Crippen molar-refractivity contribution in [2.24, 2.45) is 0 Å². The molecule has 6 heavy (non-hydrogen) atoms. The van der Waals surface area contributed by atoms with Crippen molar-refractivity contribution < 1.29 is 15.3 Å². The Bertz CT molecular complexity index is 45.8. The molecular weight excluding hydrogens is 84.0 g/mol. The molecular formula is C3H8O3. The Labute approximate surface area is 38.8 Å². The maximum Gasteiger partial charge on any atom is 0.210 e. The number of hydrogen-bond donors (Lipinski definition) is 3. The first kappa shape index (κ1) is 2.96. The first-order chi connectivity index (χ1) is 3.81. The molecule has 3 nitrogen and oxygen atoms in total. The number of aliphatic hydroxyl groups is 3. The molecule has 0 radical (unpaired) electrons. The molecule has 0 aliphatic heterocycles. The van der Waals surface area contributed by atoms with Crippen molar-refractivity contribution in [1.82, 2.24) is 0 Å². The van der Waals surface area contributed by atoms with Crippen LogP contribution in [0.2, 0.25) is 0 Å². The molecule has 0 aliphatic rings. The van der Waals surface area contributed by atoms with Crippen molar-refractivity contribution in [3.63, 3.8) is 0 Å². The van der Waals surface area contributed by atoms with Crippen LogP contribution in [0.5, 0.6) is 0 Å². The van der Waals surface area contributed by atoms with Gasteiger partial charge in [-0.1, -0.05) is 0 Å². The van der Waals surface area contributed by atoms with Crippen LogP contribution in [0, 0.1) is 0 Å². The highest BCUT2D eigenvalue weighted by molar-refractivity contribution is 4.43. The molecule has 0 saturated carbocycles. The standard InChI is InChI=1S/C3H8O3/c4-1-3(6)2-5/h3-6H,1-2H2/i4T,5T. The molecule has 0 saturated heterocycles. The molecule has 0 fully saturated rings. The summed E-state index contributed by atoms with van der Waals surface area (Å²) in [6.45, 7) is -0.224. The minimum atomic E-state index is -0.856. The topological polar surface area (TPSA) is 60.7 Å². The molecule has 3 N–H and O–H groups in total. The van der Waals surface area contributed by atoms with Gasteiger partial charge in [0.2, 0.25) is 2.86 Å². The van der Waals surface area contributed by atoms with E-state index in [1.807, 2.05) is 0 Å². The van der Waals surface area contributed by atoms with Gasteiger partial charge < -0.3 is 15.3 Å². The van der Waals surface area contributed by atoms with Gasteiger partial charge in [0.25, 0.3) is 0 Å². The Hall–Kier alpha value is -0.120. The zero-order valence-electron chi connectivity index (χ0n) is 5.26. The largest absolute Gasteiger partial charge is 0.394 e. The zero-order valence-corrected chi connectivity index (χ0v) is 3.26. The summed E-state index contributed by atoms with van der Waals surface area (Å²) in [6.07, 6.45) is -0.856. The molecule has 0 spiro atoms. The van der Waals surface area contributed by atoms with Gasteiger partial charge >= 0.3 is 0 Å². The van der Waals surface area contributed by atoms with E-state index in [0.29, 0.717) is 0 Å². The van der Waals surface area contributed by atoms with Crippen LogP contribution in [0.4, 0.5) is 0 Å². The lowest BCUT2D eigenvalue weighted by Crippen LogP contribution is -2.15. The van der Waals surface area contributed by atoms with E-state index in [2.05, 4.69) is 10.2 Å². The Balaban J connectivity index is 2.92. The normalized spacial score (nSPS) is 14.3. The van der Waals surface area contributed by atoms with Gasteiger partial charge in [0, 0.05) is 0 Å². The summed E-state index contributed by atoms with van der Waals surface area (Å²) in [5, 5.41) is 16.1. The predicted octanol–water partition coefficient (Wildman–Crippen LogP) is -1.67. The Kier molecular flexibility index (Phi) is 1.52. The third kappa shape index (κ3) is 2.14. The Morgan fingerprint density at radius 2 is 2.00 bits per heavy atom. The molecule has 0 aliphatic carbocycles. The first-order valence-corrected chi connectivity index (χ1v) is 1.65. The van der Waals surface area contributed by atoms with Gasteiger partial charge in [-0.25, -0.2) is 0 Å². The van der Waals surface area contributed by atoms with Crippen molar-refractivity contribution in [2.45, 2.75) is 6.10 Å². The first-order valence-electron chi connectivity index (χ1n) is 2.47. The van der Waals surface area contributed by atoms with Gasteiger partial charge in [-0.3, -0.25) is 0 Å². The fourth-order valence-corrected chi connectivity index (χ4v) is 0.0481. The summed E-state index contributed by atoms with van der Waals surface area (Å²) < 4.78 is 12.3. The number of rotatable bonds is 4. The minimum Gasteiger partial charge on any atom is -0.394 e. The highest BCUT2D eigenvalue weighted by atomic mass is 16.3. The van der Waals surface area contributed by atoms with Gasteiger partial charge in [0.05, 0.1) is 13.2 Å². The smallest absolute Gasteiger partial charge is 0.210 e. The van der Waals surface area contributed by atoms with Crippen LogP contribution in [0.3, 0.4) is 0 Å². The molecule has 0 aromatic heterocycles. The Morgan fingerprint density at radius 3 is 2.33 bits per heavy atom. The van der Waals surface area contributed by atoms with Crippen LogP contribution in [-0.4, -0.2) is 37.5 Å². The lowest BCUT2D eigenvalue weighted by Gasteiger charge is -1.96. The van der Waals surface area contributed by atoms with Gasteiger partial charge in [0.1, 0.15) is 6.10 Å². The molecule has 0 rings (SSSR count). The van der Waals surface area contributed by atoms with Crippen molar-refractivity contribution in [2.75, 3.05) is 13.2 Å². The third-order valence-corrected chi connectivity index (χ3v) is 0.385. The number of hydrogen-bond acceptors (Lipinski definition) is 3. The second-order valence-corrected chi connectivity index (χ2v) is 0.987. The minimum absolute atomic E-state index is 0.112. The van der Waals surface area contributed by atoms with E-state index < -0.39 is 6.10 Å². The molecule has 3 heteroatoms. The van der Waals surface area contributed by atoms with Crippen molar-refractivity contribution in [1.29, 1.82) is 2.86 Å². The van der Waals surface area contributed by atoms with Crippen LogP contribution in [0.25, 0.3) is 0 Å². The summed E-state index contributed by atoms with van der Waals surface area (Å²) in [5.41, 5.74) is 0. The van der Waals surface area contributed by atoms with Gasteiger partial charge in [0.15, 0.2) is 0 Å². The molecule has 0 amide bonds. The fraction of sp³-hybridized carbons (Fsp3) is 1.00. The molecule has 0 bridgehead atoms. The second kappa shape index (κ2) is 3.08. The lowest BCUT2D eigenvalue weighted by molar-refractivity contribution is 0.0450. The highest BCUT2D eigenvalue weighted by Gasteiger charge is 1.93. The van der Waals surface area contributed by atoms with E-state index in [1.54, 1.807) is 0 Å². The van der Waals surface area contributed by atoms with Crippen LogP contribution in [0.15, 0.2) is 0 Å². The van der Waals surface area contributed by atoms with Crippen molar-refractivity contribution in [3.05, 3.63) is 0 Å². The maximum absolute atomic E-state index is 8.56. The SMILES string of the molecule is [3H]OCC(O)CO[3H]. The van der Waals surface area contributed by atoms with Gasteiger partial charge in [-0.05, 0) is 0 Å². The van der Waals surface area contributed by atoms with E-state index >= 15 is 0 Å². The average molecular weight is 96.1 g/mol. The summed E-state index contributed by atoms with van der Waals surface area (Å²) in [6, 6.07) is 0. The zero-order chi connectivity index (χ0) is 6.41. The summed E-state index contributed by atoms with van der Waals surface area (Å²) in [7, 11) is 0. The van der Waals surface area contributed by atoms with E-state index in [-0.39, 0.29) is 13.2 Å². The van der Waals surface area contributed by atoms with E-state index in [4.69, 9.17) is 7.97 Å². The summed E-state index contributed by atoms with van der Waals surface area (Å²) in [5.74, 6) is 0. The molecule has 0 aromatic carbocycles. The molecule has 0 atom stereocenters. The third-order valence-electron chi connectivity index (χ3n) is 0.385. The van der Waals surface area contributed by atoms with Crippen LogP contribution >= 0.6 is 0 Å². The van der Waals surface area contributed by atoms with E-state index in [0.717, 1.165) is 0 Å². The average Bonchev–Trinajstić information content (AvgIpc) is 1.68. The fourth-order valence-electron chi connectivity index (χ4n) is 0.0481. The maximum atomic E-state index is 8.56. The van der Waals surface area contributed by atoms with E-state index in [9.17, 15) is 0 Å². The van der Waals surface area contributed by atoms with Gasteiger partial charge in [-0.2, -0.15) is 0 Å². The van der Waals surface area contributed by atoms with E-state index in [1.165, 1.54) is 0 Å². The van der Waals surface area contributed by atoms with Crippen molar-refractivity contribution >= 4 is 0 Å². The predicted molar refractivity (Wildman–Crippen MR) is 20.2 cm³/mol. The molecule has 0 heterocycles. The van der Waals surface area contributed by atoms with Crippen molar-refractivity contribution in [3.8, 4) is 0 Å². The summed E-state index contributed by atoms with van der Waals surface area (Å²) in [4.78, 5) is 0. The highest BCUT2D eigenvalue weighted by Crippen LogP contribution is 1.71. The quantitative estimate of drug-likeness (QED) is 0.392. The Morgan fingerprint density at radius 1 is 1.50 bits per heavy atom. The molecule has 38 valence electrons.